The highest BCUT2D eigenvalue weighted by Gasteiger charge is 2.30. The second-order valence-corrected chi connectivity index (χ2v) is 7.60. The summed E-state index contributed by atoms with van der Waals surface area (Å²) >= 11 is 6.57. The van der Waals surface area contributed by atoms with E-state index in [2.05, 4.69) is 6.07 Å². The minimum atomic E-state index is -0.0660. The minimum absolute atomic E-state index is 0.0660. The Bertz CT molecular complexity index is 978. The monoisotopic (exact) mass is 410 g/mol. The standard InChI is InChI=1S/C21H18N2O3S2/c1-3-23-20(24)19(28-21(23)27)11-15-6-9-18(25-2)16(10-15)13-26-17-7-4-14(12-22)5-8-17/h4-11H,3,13H2,1-2H3/b19-11+. The Morgan fingerprint density at radius 1 is 1.25 bits per heavy atom. The number of rotatable bonds is 6. The zero-order valence-electron chi connectivity index (χ0n) is 15.5. The van der Waals surface area contributed by atoms with E-state index in [-0.39, 0.29) is 5.91 Å². The van der Waals surface area contributed by atoms with Gasteiger partial charge in [-0.05, 0) is 55.0 Å². The van der Waals surface area contributed by atoms with Crippen LogP contribution in [0.15, 0.2) is 47.4 Å². The van der Waals surface area contributed by atoms with Crippen LogP contribution in [0, 0.1) is 11.3 Å². The van der Waals surface area contributed by atoms with Gasteiger partial charge in [0.2, 0.25) is 0 Å². The number of thioether (sulfide) groups is 1. The molecule has 1 fully saturated rings. The molecule has 0 aromatic heterocycles. The summed E-state index contributed by atoms with van der Waals surface area (Å²) in [5, 5.41) is 8.87. The van der Waals surface area contributed by atoms with Crippen LogP contribution in [0.25, 0.3) is 6.08 Å². The molecule has 0 N–H and O–H groups in total. The first-order valence-electron chi connectivity index (χ1n) is 8.61. The van der Waals surface area contributed by atoms with Crippen molar-refractivity contribution in [3.8, 4) is 17.6 Å². The highest BCUT2D eigenvalue weighted by molar-refractivity contribution is 8.26. The second-order valence-electron chi connectivity index (χ2n) is 5.92. The SMILES string of the molecule is CCN1C(=O)/C(=C\c2ccc(OC)c(COc3ccc(C#N)cc3)c2)SC1=S. The van der Waals surface area contributed by atoms with Gasteiger partial charge in [-0.3, -0.25) is 9.69 Å². The van der Waals surface area contributed by atoms with Gasteiger partial charge in [0.05, 0.1) is 23.6 Å². The lowest BCUT2D eigenvalue weighted by Crippen LogP contribution is -2.27. The Kier molecular flexibility index (Phi) is 6.34. The van der Waals surface area contributed by atoms with E-state index in [0.29, 0.717) is 39.4 Å². The van der Waals surface area contributed by atoms with Gasteiger partial charge in [-0.2, -0.15) is 5.26 Å². The highest BCUT2D eigenvalue weighted by Crippen LogP contribution is 2.33. The molecule has 142 valence electrons. The molecule has 7 heteroatoms. The fourth-order valence-electron chi connectivity index (χ4n) is 2.71. The molecule has 0 saturated carbocycles. The Balaban J connectivity index is 1.80. The number of thiocarbonyl (C=S) groups is 1. The molecule has 1 amide bonds. The number of ether oxygens (including phenoxy) is 2. The highest BCUT2D eigenvalue weighted by atomic mass is 32.2. The molecule has 1 aliphatic heterocycles. The van der Waals surface area contributed by atoms with Crippen molar-refractivity contribution in [1.29, 1.82) is 5.26 Å². The zero-order chi connectivity index (χ0) is 20.1. The first kappa shape index (κ1) is 19.9. The number of nitriles is 1. The molecule has 0 atom stereocenters. The number of benzene rings is 2. The smallest absolute Gasteiger partial charge is 0.266 e. The first-order chi connectivity index (χ1) is 13.5. The quantitative estimate of drug-likeness (QED) is 0.521. The number of hydrogen-bond donors (Lipinski definition) is 0. The molecular weight excluding hydrogens is 392 g/mol. The summed E-state index contributed by atoms with van der Waals surface area (Å²) in [5.41, 5.74) is 2.30. The molecule has 2 aromatic carbocycles. The van der Waals surface area contributed by atoms with Crippen LogP contribution in [0.2, 0.25) is 0 Å². The lowest BCUT2D eigenvalue weighted by atomic mass is 10.1. The van der Waals surface area contributed by atoms with Crippen LogP contribution < -0.4 is 9.47 Å². The third-order valence-corrected chi connectivity index (χ3v) is 5.55. The number of hydrogen-bond acceptors (Lipinski definition) is 6. The summed E-state index contributed by atoms with van der Waals surface area (Å²) < 4.78 is 11.8. The number of likely N-dealkylation sites (N-methyl/N-ethyl adjacent to an activating group) is 1. The first-order valence-corrected chi connectivity index (χ1v) is 9.83. The van der Waals surface area contributed by atoms with E-state index >= 15 is 0 Å². The number of carbonyl (C=O) groups is 1. The maximum Gasteiger partial charge on any atom is 0.266 e. The second kappa shape index (κ2) is 8.91. The molecule has 1 aliphatic rings. The van der Waals surface area contributed by atoms with E-state index in [9.17, 15) is 4.79 Å². The van der Waals surface area contributed by atoms with Gasteiger partial charge in [0.15, 0.2) is 0 Å². The van der Waals surface area contributed by atoms with Gasteiger partial charge in [-0.25, -0.2) is 0 Å². The van der Waals surface area contributed by atoms with E-state index < -0.39 is 0 Å². The predicted molar refractivity (Wildman–Crippen MR) is 114 cm³/mol. The molecule has 0 aliphatic carbocycles. The van der Waals surface area contributed by atoms with E-state index in [1.54, 1.807) is 36.3 Å². The largest absolute Gasteiger partial charge is 0.496 e. The van der Waals surface area contributed by atoms with Crippen LogP contribution in [-0.4, -0.2) is 28.8 Å². The van der Waals surface area contributed by atoms with Crippen molar-refractivity contribution in [1.82, 2.24) is 4.90 Å². The van der Waals surface area contributed by atoms with Crippen molar-refractivity contribution < 1.29 is 14.3 Å². The van der Waals surface area contributed by atoms with E-state index in [0.717, 1.165) is 11.1 Å². The van der Waals surface area contributed by atoms with Crippen LogP contribution in [0.5, 0.6) is 11.5 Å². The Morgan fingerprint density at radius 3 is 2.61 bits per heavy atom. The van der Waals surface area contributed by atoms with Crippen LogP contribution in [0.4, 0.5) is 0 Å². The van der Waals surface area contributed by atoms with Gasteiger partial charge in [0.1, 0.15) is 22.4 Å². The van der Waals surface area contributed by atoms with Gasteiger partial charge in [0, 0.05) is 12.1 Å². The number of nitrogens with zero attached hydrogens (tertiary/aromatic N) is 2. The van der Waals surface area contributed by atoms with Gasteiger partial charge >= 0.3 is 0 Å². The molecule has 0 radical (unpaired) electrons. The average molecular weight is 411 g/mol. The Hall–Kier alpha value is -2.82. The van der Waals surface area contributed by atoms with Crippen molar-refractivity contribution in [2.24, 2.45) is 0 Å². The third-order valence-electron chi connectivity index (χ3n) is 4.17. The summed E-state index contributed by atoms with van der Waals surface area (Å²) in [7, 11) is 1.60. The fourth-order valence-corrected chi connectivity index (χ4v) is 4.10. The van der Waals surface area contributed by atoms with Crippen LogP contribution in [-0.2, 0) is 11.4 Å². The Labute approximate surface area is 173 Å². The molecular formula is C21H18N2O3S2. The zero-order valence-corrected chi connectivity index (χ0v) is 17.1. The Morgan fingerprint density at radius 2 is 2.00 bits per heavy atom. The van der Waals surface area contributed by atoms with Gasteiger partial charge in [-0.1, -0.05) is 30.0 Å². The molecule has 28 heavy (non-hydrogen) atoms. The molecule has 5 nitrogen and oxygen atoms in total. The summed E-state index contributed by atoms with van der Waals surface area (Å²) in [6, 6.07) is 14.7. The molecule has 0 unspecified atom stereocenters. The normalized spacial score (nSPS) is 15.0. The summed E-state index contributed by atoms with van der Waals surface area (Å²) in [5.74, 6) is 1.30. The summed E-state index contributed by atoms with van der Waals surface area (Å²) in [4.78, 5) is 14.6. The topological polar surface area (TPSA) is 62.6 Å². The third kappa shape index (κ3) is 4.35. The van der Waals surface area contributed by atoms with Crippen LogP contribution >= 0.6 is 24.0 Å². The van der Waals surface area contributed by atoms with Crippen molar-refractivity contribution >= 4 is 40.3 Å². The number of carbonyl (C=O) groups excluding carboxylic acids is 1. The summed E-state index contributed by atoms with van der Waals surface area (Å²) in [6.45, 7) is 2.76. The lowest BCUT2D eigenvalue weighted by molar-refractivity contribution is -0.121. The fraction of sp³-hybridized carbons (Fsp3) is 0.190. The van der Waals surface area contributed by atoms with Crippen molar-refractivity contribution in [3.05, 3.63) is 64.1 Å². The minimum Gasteiger partial charge on any atom is -0.496 e. The maximum atomic E-state index is 12.4. The molecule has 2 aromatic rings. The average Bonchev–Trinajstić information content (AvgIpc) is 2.99. The van der Waals surface area contributed by atoms with E-state index in [1.165, 1.54) is 11.8 Å². The van der Waals surface area contributed by atoms with Crippen molar-refractivity contribution in [3.63, 3.8) is 0 Å². The molecule has 1 heterocycles. The van der Waals surface area contributed by atoms with Crippen LogP contribution in [0.3, 0.4) is 0 Å². The lowest BCUT2D eigenvalue weighted by Gasteiger charge is -2.12. The summed E-state index contributed by atoms with van der Waals surface area (Å²) in [6.07, 6.45) is 1.83. The molecule has 0 bridgehead atoms. The van der Waals surface area contributed by atoms with Crippen molar-refractivity contribution in [2.45, 2.75) is 13.5 Å². The predicted octanol–water partition coefficient (Wildman–Crippen LogP) is 4.37. The number of amides is 1. The van der Waals surface area contributed by atoms with Gasteiger partial charge in [0.25, 0.3) is 5.91 Å². The van der Waals surface area contributed by atoms with E-state index in [4.69, 9.17) is 27.0 Å². The van der Waals surface area contributed by atoms with Gasteiger partial charge in [-0.15, -0.1) is 0 Å². The molecule has 1 saturated heterocycles. The van der Waals surface area contributed by atoms with Crippen molar-refractivity contribution in [2.75, 3.05) is 13.7 Å². The molecule has 0 spiro atoms. The van der Waals surface area contributed by atoms with E-state index in [1.807, 2.05) is 31.2 Å². The maximum absolute atomic E-state index is 12.4. The molecule has 3 rings (SSSR count). The van der Waals surface area contributed by atoms with Gasteiger partial charge < -0.3 is 9.47 Å². The number of methoxy groups -OCH3 is 1. The van der Waals surface area contributed by atoms with Crippen LogP contribution in [0.1, 0.15) is 23.6 Å².